The maximum atomic E-state index is 12.5. The van der Waals surface area contributed by atoms with Gasteiger partial charge in [0, 0.05) is 37.2 Å². The first-order valence-electron chi connectivity index (χ1n) is 10.5. The molecule has 1 atom stereocenters. The Hall–Kier alpha value is -3.63. The van der Waals surface area contributed by atoms with Crippen LogP contribution in [0.3, 0.4) is 0 Å². The number of rotatable bonds is 6. The van der Waals surface area contributed by atoms with E-state index in [-0.39, 0.29) is 5.91 Å². The molecule has 0 bridgehead atoms. The Labute approximate surface area is 194 Å². The highest BCUT2D eigenvalue weighted by Crippen LogP contribution is 2.36. The summed E-state index contributed by atoms with van der Waals surface area (Å²) in [6.45, 7) is 2.75. The summed E-state index contributed by atoms with van der Waals surface area (Å²) in [6, 6.07) is 9.18. The number of hydrogen-bond acceptors (Lipinski definition) is 9. The Morgan fingerprint density at radius 1 is 1.24 bits per heavy atom. The number of hydrogen-bond donors (Lipinski definition) is 2. The third-order valence-electron chi connectivity index (χ3n) is 5.59. The maximum absolute atomic E-state index is 12.5. The summed E-state index contributed by atoms with van der Waals surface area (Å²) in [5, 5.41) is 16.8. The standard InChI is InChI=1S/C23H22N6O3S/c1-14-11-25-19(32-14)12-26-22-24-8-6-17(28-22)18-13-33-20(27-18)15-4-3-5-16(10-15)23(31)7-9-29(2)21(23)30/h3-6,8,10-11,13,31H,7,9,12H2,1-2H3,(H,24,26,28). The largest absolute Gasteiger partial charge is 0.444 e. The summed E-state index contributed by atoms with van der Waals surface area (Å²) in [5.74, 6) is 1.48. The number of carbonyl (C=O) groups is 1. The number of oxazole rings is 1. The number of anilines is 1. The van der Waals surface area contributed by atoms with Crippen molar-refractivity contribution in [2.24, 2.45) is 0 Å². The Balaban J connectivity index is 1.36. The number of aromatic nitrogens is 4. The van der Waals surface area contributed by atoms with Crippen molar-refractivity contribution < 1.29 is 14.3 Å². The van der Waals surface area contributed by atoms with Crippen molar-refractivity contribution in [3.63, 3.8) is 0 Å². The molecule has 0 aliphatic carbocycles. The lowest BCUT2D eigenvalue weighted by molar-refractivity contribution is -0.143. The van der Waals surface area contributed by atoms with E-state index in [2.05, 4.69) is 20.3 Å². The molecule has 5 rings (SSSR count). The van der Waals surface area contributed by atoms with Gasteiger partial charge in [0.05, 0.1) is 18.4 Å². The average molecular weight is 463 g/mol. The fourth-order valence-corrected chi connectivity index (χ4v) is 4.59. The molecule has 1 amide bonds. The van der Waals surface area contributed by atoms with E-state index in [1.54, 1.807) is 36.5 Å². The van der Waals surface area contributed by atoms with Crippen molar-refractivity contribution in [3.8, 4) is 22.0 Å². The minimum atomic E-state index is -1.49. The van der Waals surface area contributed by atoms with Gasteiger partial charge in [0.15, 0.2) is 5.60 Å². The number of amides is 1. The third kappa shape index (κ3) is 4.10. The van der Waals surface area contributed by atoms with Crippen LogP contribution in [0.25, 0.3) is 22.0 Å². The summed E-state index contributed by atoms with van der Waals surface area (Å²) >= 11 is 1.47. The lowest BCUT2D eigenvalue weighted by Crippen LogP contribution is -2.36. The minimum absolute atomic E-state index is 0.277. The van der Waals surface area contributed by atoms with Gasteiger partial charge in [-0.1, -0.05) is 18.2 Å². The van der Waals surface area contributed by atoms with Crippen LogP contribution >= 0.6 is 11.3 Å². The molecule has 10 heteroatoms. The molecule has 1 unspecified atom stereocenters. The van der Waals surface area contributed by atoms with E-state index in [0.29, 0.717) is 48.3 Å². The Morgan fingerprint density at radius 3 is 2.88 bits per heavy atom. The molecule has 4 aromatic rings. The molecular weight excluding hydrogens is 440 g/mol. The fourth-order valence-electron chi connectivity index (χ4n) is 3.78. The monoisotopic (exact) mass is 462 g/mol. The van der Waals surface area contributed by atoms with Gasteiger partial charge in [-0.15, -0.1) is 11.3 Å². The van der Waals surface area contributed by atoms with Crippen LogP contribution in [0.5, 0.6) is 0 Å². The highest BCUT2D eigenvalue weighted by molar-refractivity contribution is 7.13. The van der Waals surface area contributed by atoms with Crippen molar-refractivity contribution >= 4 is 23.2 Å². The first-order valence-corrected chi connectivity index (χ1v) is 11.3. The first-order chi connectivity index (χ1) is 15.9. The van der Waals surface area contributed by atoms with Crippen LogP contribution in [0.2, 0.25) is 0 Å². The summed E-state index contributed by atoms with van der Waals surface area (Å²) in [6.07, 6.45) is 3.71. The van der Waals surface area contributed by atoms with Gasteiger partial charge >= 0.3 is 0 Å². The van der Waals surface area contributed by atoms with Crippen LogP contribution in [0.15, 0.2) is 52.5 Å². The predicted molar refractivity (Wildman–Crippen MR) is 123 cm³/mol. The van der Waals surface area contributed by atoms with Crippen LogP contribution < -0.4 is 5.32 Å². The van der Waals surface area contributed by atoms with Crippen LogP contribution in [0.1, 0.15) is 23.6 Å². The molecule has 1 saturated heterocycles. The second kappa shape index (κ2) is 8.38. The second-order valence-corrected chi connectivity index (χ2v) is 8.80. The molecule has 1 fully saturated rings. The first kappa shape index (κ1) is 21.2. The molecule has 0 spiro atoms. The highest BCUT2D eigenvalue weighted by Gasteiger charge is 2.45. The normalized spacial score (nSPS) is 18.2. The van der Waals surface area contributed by atoms with E-state index in [4.69, 9.17) is 9.40 Å². The van der Waals surface area contributed by atoms with E-state index in [1.807, 2.05) is 30.5 Å². The number of nitrogens with zero attached hydrogens (tertiary/aromatic N) is 5. The Kier molecular flexibility index (Phi) is 5.39. The van der Waals surface area contributed by atoms with Gasteiger partial charge in [-0.25, -0.2) is 19.9 Å². The van der Waals surface area contributed by atoms with Gasteiger partial charge in [-0.05, 0) is 24.6 Å². The van der Waals surface area contributed by atoms with Gasteiger partial charge < -0.3 is 19.7 Å². The van der Waals surface area contributed by atoms with Crippen LogP contribution in [0.4, 0.5) is 5.95 Å². The fraction of sp³-hybridized carbons (Fsp3) is 0.261. The number of likely N-dealkylation sites (tertiary alicyclic amines) is 1. The van der Waals surface area contributed by atoms with E-state index < -0.39 is 5.60 Å². The smallest absolute Gasteiger partial charge is 0.258 e. The number of aliphatic hydroxyl groups is 1. The number of carbonyl (C=O) groups excluding carboxylic acids is 1. The number of nitrogens with one attached hydrogen (secondary N) is 1. The summed E-state index contributed by atoms with van der Waals surface area (Å²) in [5.41, 5.74) is 1.33. The molecular formula is C23H22N6O3S. The van der Waals surface area contributed by atoms with Gasteiger partial charge in [-0.3, -0.25) is 4.79 Å². The third-order valence-corrected chi connectivity index (χ3v) is 6.48. The van der Waals surface area contributed by atoms with Crippen LogP contribution in [-0.2, 0) is 16.9 Å². The Morgan fingerprint density at radius 2 is 2.12 bits per heavy atom. The van der Waals surface area contributed by atoms with Gasteiger partial charge in [0.1, 0.15) is 16.5 Å². The van der Waals surface area contributed by atoms with Crippen molar-refractivity contribution in [3.05, 3.63) is 65.3 Å². The summed E-state index contributed by atoms with van der Waals surface area (Å²) < 4.78 is 5.46. The molecule has 0 saturated carbocycles. The molecule has 0 radical (unpaired) electrons. The van der Waals surface area contributed by atoms with E-state index in [9.17, 15) is 9.90 Å². The molecule has 9 nitrogen and oxygen atoms in total. The molecule has 3 aromatic heterocycles. The minimum Gasteiger partial charge on any atom is -0.444 e. The zero-order valence-electron chi connectivity index (χ0n) is 18.1. The average Bonchev–Trinajstić information content (AvgIpc) is 3.55. The number of aryl methyl sites for hydroxylation is 1. The van der Waals surface area contributed by atoms with Gasteiger partial charge in [-0.2, -0.15) is 0 Å². The molecule has 168 valence electrons. The number of thiazole rings is 1. The van der Waals surface area contributed by atoms with Crippen molar-refractivity contribution in [2.45, 2.75) is 25.5 Å². The lowest BCUT2D eigenvalue weighted by atomic mass is 9.91. The van der Waals surface area contributed by atoms with E-state index >= 15 is 0 Å². The Bertz CT molecular complexity index is 1320. The number of likely N-dealkylation sites (N-methyl/N-ethyl adjacent to an activating group) is 1. The van der Waals surface area contributed by atoms with E-state index in [0.717, 1.165) is 16.3 Å². The van der Waals surface area contributed by atoms with Crippen LogP contribution in [-0.4, -0.2) is 49.4 Å². The SMILES string of the molecule is Cc1cnc(CNc2nccc(-c3csc(-c4cccc(C5(O)CCN(C)C5=O)c4)n3)n2)o1. The molecule has 33 heavy (non-hydrogen) atoms. The molecule has 1 aromatic carbocycles. The maximum Gasteiger partial charge on any atom is 0.258 e. The van der Waals surface area contributed by atoms with Crippen molar-refractivity contribution in [2.75, 3.05) is 18.9 Å². The summed E-state index contributed by atoms with van der Waals surface area (Å²) in [4.78, 5) is 31.7. The van der Waals surface area contributed by atoms with Crippen molar-refractivity contribution in [1.29, 1.82) is 0 Å². The number of benzene rings is 1. The summed E-state index contributed by atoms with van der Waals surface area (Å²) in [7, 11) is 1.70. The zero-order chi connectivity index (χ0) is 23.0. The van der Waals surface area contributed by atoms with E-state index in [1.165, 1.54) is 11.3 Å². The zero-order valence-corrected chi connectivity index (χ0v) is 19.0. The topological polar surface area (TPSA) is 117 Å². The second-order valence-electron chi connectivity index (χ2n) is 7.94. The molecule has 1 aliphatic heterocycles. The van der Waals surface area contributed by atoms with Gasteiger partial charge in [0.2, 0.25) is 11.8 Å². The van der Waals surface area contributed by atoms with Gasteiger partial charge in [0.25, 0.3) is 5.91 Å². The molecule has 1 aliphatic rings. The van der Waals surface area contributed by atoms with Crippen molar-refractivity contribution in [1.82, 2.24) is 24.8 Å². The van der Waals surface area contributed by atoms with Crippen LogP contribution in [0, 0.1) is 6.92 Å². The predicted octanol–water partition coefficient (Wildman–Crippen LogP) is 3.23. The molecule has 2 N–H and O–H groups in total. The molecule has 4 heterocycles. The highest BCUT2D eigenvalue weighted by atomic mass is 32.1. The quantitative estimate of drug-likeness (QED) is 0.449. The lowest BCUT2D eigenvalue weighted by Gasteiger charge is -2.21.